The topological polar surface area (TPSA) is 42.7 Å². The monoisotopic (exact) mass is 306 g/mol. The summed E-state index contributed by atoms with van der Waals surface area (Å²) in [6.45, 7) is 11.9. The van der Waals surface area contributed by atoms with Gasteiger partial charge in [-0.2, -0.15) is 0 Å². The Labute approximate surface area is 131 Å². The molecule has 2 heterocycles. The van der Waals surface area contributed by atoms with E-state index < -0.39 is 0 Å². The molecular formula is C16H26N4S. The Kier molecular flexibility index (Phi) is 5.53. The van der Waals surface area contributed by atoms with E-state index >= 15 is 0 Å². The number of hydrogen-bond donors (Lipinski definition) is 1. The maximum absolute atomic E-state index is 4.83. The number of thiazole rings is 1. The molecule has 0 aliphatic carbocycles. The normalized spacial score (nSPS) is 13.3. The molecule has 1 atom stereocenters. The van der Waals surface area contributed by atoms with E-state index in [1.807, 2.05) is 12.5 Å². The smallest absolute Gasteiger partial charge is 0.116 e. The lowest BCUT2D eigenvalue weighted by Gasteiger charge is -2.20. The molecule has 0 aliphatic heterocycles. The van der Waals surface area contributed by atoms with Crippen LogP contribution < -0.4 is 5.32 Å². The summed E-state index contributed by atoms with van der Waals surface area (Å²) in [7, 11) is 0. The molecule has 2 aromatic rings. The van der Waals surface area contributed by atoms with E-state index in [9.17, 15) is 0 Å². The highest BCUT2D eigenvalue weighted by Gasteiger charge is 2.22. The maximum atomic E-state index is 4.83. The lowest BCUT2D eigenvalue weighted by molar-refractivity contribution is 0.511. The second-order valence-electron chi connectivity index (χ2n) is 5.97. The van der Waals surface area contributed by atoms with E-state index in [1.165, 1.54) is 11.4 Å². The fourth-order valence-electron chi connectivity index (χ4n) is 2.28. The highest BCUT2D eigenvalue weighted by atomic mass is 32.1. The first-order valence-corrected chi connectivity index (χ1v) is 8.63. The summed E-state index contributed by atoms with van der Waals surface area (Å²) in [4.78, 5) is 9.17. The van der Waals surface area contributed by atoms with Crippen LogP contribution in [0.25, 0.3) is 0 Å². The summed E-state index contributed by atoms with van der Waals surface area (Å²) >= 11 is 1.74. The van der Waals surface area contributed by atoms with Crippen molar-refractivity contribution in [2.75, 3.05) is 6.54 Å². The van der Waals surface area contributed by atoms with Gasteiger partial charge in [0, 0.05) is 11.4 Å². The van der Waals surface area contributed by atoms with Gasteiger partial charge in [-0.25, -0.2) is 9.97 Å². The Morgan fingerprint density at radius 3 is 2.62 bits per heavy atom. The van der Waals surface area contributed by atoms with Crippen LogP contribution >= 0.6 is 11.3 Å². The molecule has 2 rings (SSSR count). The highest BCUT2D eigenvalue weighted by molar-refractivity contribution is 7.09. The molecule has 0 bridgehead atoms. The molecule has 116 valence electrons. The Morgan fingerprint density at radius 1 is 1.29 bits per heavy atom. The first-order chi connectivity index (χ1) is 10.0. The number of nitrogens with one attached hydrogen (secondary N) is 1. The standard InChI is InChI=1S/C16H26N4S/c1-6-7-18-15(14-8-17-10-20(14)12(4)5)16-19-13(9-21-16)11(2)3/h8-12,15,18H,6-7H2,1-5H3. The Balaban J connectivity index is 2.35. The van der Waals surface area contributed by atoms with Crippen molar-refractivity contribution in [1.29, 1.82) is 0 Å². The van der Waals surface area contributed by atoms with Crippen molar-refractivity contribution < 1.29 is 0 Å². The van der Waals surface area contributed by atoms with Crippen LogP contribution in [0, 0.1) is 0 Å². The van der Waals surface area contributed by atoms with Gasteiger partial charge < -0.3 is 9.88 Å². The quantitative estimate of drug-likeness (QED) is 0.836. The number of rotatable bonds is 7. The van der Waals surface area contributed by atoms with Gasteiger partial charge >= 0.3 is 0 Å². The summed E-state index contributed by atoms with van der Waals surface area (Å²) in [5, 5.41) is 6.93. The van der Waals surface area contributed by atoms with E-state index in [-0.39, 0.29) is 6.04 Å². The fraction of sp³-hybridized carbons (Fsp3) is 0.625. The highest BCUT2D eigenvalue weighted by Crippen LogP contribution is 2.28. The van der Waals surface area contributed by atoms with Crippen molar-refractivity contribution in [2.24, 2.45) is 0 Å². The molecule has 0 fully saturated rings. The lowest BCUT2D eigenvalue weighted by Crippen LogP contribution is -2.26. The largest absolute Gasteiger partial charge is 0.330 e. The van der Waals surface area contributed by atoms with Crippen LogP contribution in [0.2, 0.25) is 0 Å². The predicted molar refractivity (Wildman–Crippen MR) is 89.0 cm³/mol. The van der Waals surface area contributed by atoms with Gasteiger partial charge in [-0.05, 0) is 32.7 Å². The Bertz CT molecular complexity index is 556. The second kappa shape index (κ2) is 7.18. The molecule has 0 saturated heterocycles. The fourth-order valence-corrected chi connectivity index (χ4v) is 3.34. The van der Waals surface area contributed by atoms with Gasteiger partial charge in [0.2, 0.25) is 0 Å². The van der Waals surface area contributed by atoms with Crippen molar-refractivity contribution in [3.05, 3.63) is 34.3 Å². The van der Waals surface area contributed by atoms with E-state index in [2.05, 4.69) is 54.9 Å². The zero-order valence-electron chi connectivity index (χ0n) is 13.6. The molecular weight excluding hydrogens is 280 g/mol. The van der Waals surface area contributed by atoms with Gasteiger partial charge in [0.05, 0.1) is 23.9 Å². The molecule has 1 unspecified atom stereocenters. The van der Waals surface area contributed by atoms with E-state index in [4.69, 9.17) is 4.98 Å². The van der Waals surface area contributed by atoms with Crippen molar-refractivity contribution in [3.63, 3.8) is 0 Å². The third-order valence-electron chi connectivity index (χ3n) is 3.52. The zero-order valence-corrected chi connectivity index (χ0v) is 14.4. The number of hydrogen-bond acceptors (Lipinski definition) is 4. The van der Waals surface area contributed by atoms with Crippen LogP contribution in [0.4, 0.5) is 0 Å². The molecule has 0 saturated carbocycles. The summed E-state index contributed by atoms with van der Waals surface area (Å²) in [6.07, 6.45) is 4.98. The summed E-state index contributed by atoms with van der Waals surface area (Å²) in [5.41, 5.74) is 2.37. The van der Waals surface area contributed by atoms with Crippen LogP contribution in [0.5, 0.6) is 0 Å². The molecule has 2 aromatic heterocycles. The van der Waals surface area contributed by atoms with Crippen molar-refractivity contribution in [1.82, 2.24) is 19.9 Å². The maximum Gasteiger partial charge on any atom is 0.116 e. The number of nitrogens with zero attached hydrogens (tertiary/aromatic N) is 3. The van der Waals surface area contributed by atoms with E-state index in [0.717, 1.165) is 18.0 Å². The van der Waals surface area contributed by atoms with Gasteiger partial charge in [0.25, 0.3) is 0 Å². The summed E-state index contributed by atoms with van der Waals surface area (Å²) < 4.78 is 2.23. The van der Waals surface area contributed by atoms with E-state index in [1.54, 1.807) is 11.3 Å². The minimum Gasteiger partial charge on any atom is -0.330 e. The SMILES string of the molecule is CCCNC(c1nc(C(C)C)cs1)c1cncn1C(C)C. The number of aromatic nitrogens is 3. The minimum atomic E-state index is 0.132. The van der Waals surface area contributed by atoms with Crippen molar-refractivity contribution >= 4 is 11.3 Å². The van der Waals surface area contributed by atoms with Crippen LogP contribution in [0.1, 0.15) is 75.4 Å². The Morgan fingerprint density at radius 2 is 2.05 bits per heavy atom. The Hall–Kier alpha value is -1.20. The van der Waals surface area contributed by atoms with Crippen LogP contribution in [0.15, 0.2) is 17.9 Å². The predicted octanol–water partition coefficient (Wildman–Crippen LogP) is 4.13. The minimum absolute atomic E-state index is 0.132. The van der Waals surface area contributed by atoms with Gasteiger partial charge in [-0.3, -0.25) is 0 Å². The third-order valence-corrected chi connectivity index (χ3v) is 4.45. The lowest BCUT2D eigenvalue weighted by atomic mass is 10.1. The molecule has 1 N–H and O–H groups in total. The van der Waals surface area contributed by atoms with Gasteiger partial charge in [0.1, 0.15) is 11.0 Å². The third kappa shape index (κ3) is 3.71. The first-order valence-electron chi connectivity index (χ1n) is 7.75. The molecule has 0 aromatic carbocycles. The van der Waals surface area contributed by atoms with Crippen LogP contribution in [-0.4, -0.2) is 21.1 Å². The van der Waals surface area contributed by atoms with E-state index in [0.29, 0.717) is 12.0 Å². The molecule has 0 amide bonds. The molecule has 0 aliphatic rings. The average molecular weight is 306 g/mol. The van der Waals surface area contributed by atoms with Crippen molar-refractivity contribution in [3.8, 4) is 0 Å². The summed E-state index contributed by atoms with van der Waals surface area (Å²) in [5.74, 6) is 0.469. The summed E-state index contributed by atoms with van der Waals surface area (Å²) in [6, 6.07) is 0.533. The zero-order chi connectivity index (χ0) is 15.4. The van der Waals surface area contributed by atoms with Crippen LogP contribution in [-0.2, 0) is 0 Å². The van der Waals surface area contributed by atoms with Crippen molar-refractivity contribution in [2.45, 2.75) is 59.0 Å². The average Bonchev–Trinajstić information content (AvgIpc) is 3.08. The molecule has 0 radical (unpaired) electrons. The molecule has 0 spiro atoms. The van der Waals surface area contributed by atoms with Gasteiger partial charge in [0.15, 0.2) is 0 Å². The molecule has 4 nitrogen and oxygen atoms in total. The molecule has 5 heteroatoms. The van der Waals surface area contributed by atoms with Gasteiger partial charge in [-0.15, -0.1) is 11.3 Å². The second-order valence-corrected chi connectivity index (χ2v) is 6.86. The number of imidazole rings is 1. The van der Waals surface area contributed by atoms with Gasteiger partial charge in [-0.1, -0.05) is 20.8 Å². The van der Waals surface area contributed by atoms with Crippen LogP contribution in [0.3, 0.4) is 0 Å². The molecule has 21 heavy (non-hydrogen) atoms. The first kappa shape index (κ1) is 16.2.